The first kappa shape index (κ1) is 13.3. The second-order valence-electron chi connectivity index (χ2n) is 4.08. The SMILES string of the molecule is CC(C)COC(=O)OC/C=C/c1ccccc1. The molecule has 0 aliphatic carbocycles. The number of rotatable bonds is 5. The Morgan fingerprint density at radius 1 is 1.24 bits per heavy atom. The lowest BCUT2D eigenvalue weighted by molar-refractivity contribution is 0.0551. The molecule has 3 heteroatoms. The zero-order chi connectivity index (χ0) is 12.5. The summed E-state index contributed by atoms with van der Waals surface area (Å²) in [5.41, 5.74) is 1.08. The highest BCUT2D eigenvalue weighted by Crippen LogP contribution is 2.01. The van der Waals surface area contributed by atoms with Gasteiger partial charge in [-0.1, -0.05) is 50.3 Å². The third-order valence-corrected chi connectivity index (χ3v) is 1.94. The van der Waals surface area contributed by atoms with E-state index in [2.05, 4.69) is 0 Å². The zero-order valence-corrected chi connectivity index (χ0v) is 10.3. The summed E-state index contributed by atoms with van der Waals surface area (Å²) < 4.78 is 9.73. The molecule has 17 heavy (non-hydrogen) atoms. The van der Waals surface area contributed by atoms with Gasteiger partial charge in [0.25, 0.3) is 0 Å². The number of benzene rings is 1. The van der Waals surface area contributed by atoms with E-state index in [0.29, 0.717) is 12.5 Å². The lowest BCUT2D eigenvalue weighted by Crippen LogP contribution is -2.11. The first-order valence-corrected chi connectivity index (χ1v) is 5.69. The van der Waals surface area contributed by atoms with Gasteiger partial charge in [-0.05, 0) is 17.6 Å². The van der Waals surface area contributed by atoms with Crippen LogP contribution in [-0.2, 0) is 9.47 Å². The summed E-state index contributed by atoms with van der Waals surface area (Å²) in [7, 11) is 0. The van der Waals surface area contributed by atoms with Gasteiger partial charge in [-0.25, -0.2) is 4.79 Å². The van der Waals surface area contributed by atoms with Crippen LogP contribution in [0.5, 0.6) is 0 Å². The predicted molar refractivity (Wildman–Crippen MR) is 67.6 cm³/mol. The molecule has 0 bridgehead atoms. The van der Waals surface area contributed by atoms with Gasteiger partial charge in [-0.15, -0.1) is 0 Å². The minimum atomic E-state index is -0.614. The van der Waals surface area contributed by atoms with Gasteiger partial charge in [0.05, 0.1) is 6.61 Å². The molecule has 1 aromatic carbocycles. The van der Waals surface area contributed by atoms with Crippen molar-refractivity contribution in [2.45, 2.75) is 13.8 Å². The van der Waals surface area contributed by atoms with Crippen molar-refractivity contribution < 1.29 is 14.3 Å². The highest BCUT2D eigenvalue weighted by Gasteiger charge is 2.03. The highest BCUT2D eigenvalue weighted by molar-refractivity contribution is 5.60. The monoisotopic (exact) mass is 234 g/mol. The molecule has 1 rings (SSSR count). The van der Waals surface area contributed by atoms with Gasteiger partial charge in [-0.2, -0.15) is 0 Å². The maximum Gasteiger partial charge on any atom is 0.508 e. The maximum absolute atomic E-state index is 11.1. The van der Waals surface area contributed by atoms with Crippen LogP contribution in [-0.4, -0.2) is 19.4 Å². The van der Waals surface area contributed by atoms with E-state index < -0.39 is 6.16 Å². The van der Waals surface area contributed by atoms with Crippen LogP contribution in [0.1, 0.15) is 19.4 Å². The summed E-state index contributed by atoms with van der Waals surface area (Å²) in [6.07, 6.45) is 3.07. The van der Waals surface area contributed by atoms with E-state index in [1.54, 1.807) is 6.08 Å². The van der Waals surface area contributed by atoms with E-state index in [9.17, 15) is 4.79 Å². The summed E-state index contributed by atoms with van der Waals surface area (Å²) >= 11 is 0. The van der Waals surface area contributed by atoms with Crippen LogP contribution in [0.3, 0.4) is 0 Å². The topological polar surface area (TPSA) is 35.5 Å². The molecule has 0 saturated heterocycles. The van der Waals surface area contributed by atoms with Crippen molar-refractivity contribution in [1.82, 2.24) is 0 Å². The Morgan fingerprint density at radius 2 is 1.94 bits per heavy atom. The summed E-state index contributed by atoms with van der Waals surface area (Å²) in [5.74, 6) is 0.322. The molecule has 0 aliphatic heterocycles. The Morgan fingerprint density at radius 3 is 2.59 bits per heavy atom. The van der Waals surface area contributed by atoms with Crippen LogP contribution in [0.15, 0.2) is 36.4 Å². The van der Waals surface area contributed by atoms with Crippen molar-refractivity contribution in [3.05, 3.63) is 42.0 Å². The van der Waals surface area contributed by atoms with Crippen LogP contribution >= 0.6 is 0 Å². The van der Waals surface area contributed by atoms with Crippen molar-refractivity contribution >= 4 is 12.2 Å². The molecule has 0 N–H and O–H groups in total. The molecule has 0 saturated carbocycles. The normalized spacial score (nSPS) is 10.8. The van der Waals surface area contributed by atoms with E-state index in [1.807, 2.05) is 50.3 Å². The van der Waals surface area contributed by atoms with Crippen LogP contribution in [0.4, 0.5) is 4.79 Å². The Hall–Kier alpha value is -1.77. The van der Waals surface area contributed by atoms with Crippen LogP contribution in [0.25, 0.3) is 6.08 Å². The fourth-order valence-corrected chi connectivity index (χ4v) is 1.14. The van der Waals surface area contributed by atoms with Gasteiger partial charge in [0.2, 0.25) is 0 Å². The summed E-state index contributed by atoms with van der Waals surface area (Å²) in [6.45, 7) is 4.57. The quantitative estimate of drug-likeness (QED) is 0.731. The van der Waals surface area contributed by atoms with E-state index in [-0.39, 0.29) is 6.61 Å². The molecule has 0 spiro atoms. The Balaban J connectivity index is 2.19. The molecule has 0 amide bonds. The average Bonchev–Trinajstić information content (AvgIpc) is 2.33. The number of carbonyl (C=O) groups excluding carboxylic acids is 1. The van der Waals surface area contributed by atoms with Gasteiger partial charge in [-0.3, -0.25) is 0 Å². The molecule has 1 aromatic rings. The van der Waals surface area contributed by atoms with Crippen molar-refractivity contribution in [3.63, 3.8) is 0 Å². The maximum atomic E-state index is 11.1. The van der Waals surface area contributed by atoms with Gasteiger partial charge < -0.3 is 9.47 Å². The third kappa shape index (κ3) is 6.40. The van der Waals surface area contributed by atoms with Gasteiger partial charge in [0, 0.05) is 0 Å². The molecule has 0 atom stereocenters. The Labute approximate surface area is 102 Å². The summed E-state index contributed by atoms with van der Waals surface area (Å²) in [4.78, 5) is 11.1. The fourth-order valence-electron chi connectivity index (χ4n) is 1.14. The number of ether oxygens (including phenoxy) is 2. The van der Waals surface area contributed by atoms with Crippen LogP contribution < -0.4 is 0 Å². The number of carbonyl (C=O) groups is 1. The second kappa shape index (κ2) is 7.49. The molecule has 0 fully saturated rings. The van der Waals surface area contributed by atoms with Crippen LogP contribution in [0, 0.1) is 5.92 Å². The molecule has 0 radical (unpaired) electrons. The lowest BCUT2D eigenvalue weighted by atomic mass is 10.2. The van der Waals surface area contributed by atoms with Crippen molar-refractivity contribution in [1.29, 1.82) is 0 Å². The molecular weight excluding hydrogens is 216 g/mol. The van der Waals surface area contributed by atoms with Crippen LogP contribution in [0.2, 0.25) is 0 Å². The van der Waals surface area contributed by atoms with Gasteiger partial charge in [0.1, 0.15) is 6.61 Å². The molecule has 0 aromatic heterocycles. The smallest absolute Gasteiger partial charge is 0.434 e. The first-order chi connectivity index (χ1) is 8.18. The largest absolute Gasteiger partial charge is 0.508 e. The van der Waals surface area contributed by atoms with E-state index >= 15 is 0 Å². The summed E-state index contributed by atoms with van der Waals surface area (Å²) in [6, 6.07) is 9.83. The van der Waals surface area contributed by atoms with Crippen molar-refractivity contribution in [3.8, 4) is 0 Å². The average molecular weight is 234 g/mol. The van der Waals surface area contributed by atoms with Crippen molar-refractivity contribution in [2.24, 2.45) is 5.92 Å². The zero-order valence-electron chi connectivity index (χ0n) is 10.3. The van der Waals surface area contributed by atoms with Gasteiger partial charge >= 0.3 is 6.16 Å². The van der Waals surface area contributed by atoms with E-state index in [0.717, 1.165) is 5.56 Å². The van der Waals surface area contributed by atoms with E-state index in [4.69, 9.17) is 9.47 Å². The lowest BCUT2D eigenvalue weighted by Gasteiger charge is -2.06. The highest BCUT2D eigenvalue weighted by atomic mass is 16.7. The molecule has 0 unspecified atom stereocenters. The predicted octanol–water partition coefficient (Wildman–Crippen LogP) is 3.51. The molecule has 0 aliphatic rings. The molecule has 0 heterocycles. The Bertz CT molecular complexity index is 355. The minimum absolute atomic E-state index is 0.228. The number of hydrogen-bond donors (Lipinski definition) is 0. The number of hydrogen-bond acceptors (Lipinski definition) is 3. The standard InChI is InChI=1S/C14H18O3/c1-12(2)11-17-14(15)16-10-6-9-13-7-4-3-5-8-13/h3-9,12H,10-11H2,1-2H3/b9-6+. The first-order valence-electron chi connectivity index (χ1n) is 5.69. The van der Waals surface area contributed by atoms with Crippen molar-refractivity contribution in [2.75, 3.05) is 13.2 Å². The molecule has 3 nitrogen and oxygen atoms in total. The molecule has 92 valence electrons. The van der Waals surface area contributed by atoms with E-state index in [1.165, 1.54) is 0 Å². The molecular formula is C14H18O3. The Kier molecular flexibility index (Phi) is 5.86. The second-order valence-corrected chi connectivity index (χ2v) is 4.08. The summed E-state index contributed by atoms with van der Waals surface area (Å²) in [5, 5.41) is 0. The third-order valence-electron chi connectivity index (χ3n) is 1.94. The minimum Gasteiger partial charge on any atom is -0.434 e. The van der Waals surface area contributed by atoms with Gasteiger partial charge in [0.15, 0.2) is 0 Å². The fraction of sp³-hybridized carbons (Fsp3) is 0.357.